The quantitative estimate of drug-likeness (QED) is 0.494. The third kappa shape index (κ3) is 3.66. The normalized spacial score (nSPS) is 22.0. The van der Waals surface area contributed by atoms with Gasteiger partial charge in [-0.3, -0.25) is 0 Å². The molecule has 2 atom stereocenters. The topological polar surface area (TPSA) is 58.1 Å². The third-order valence-corrected chi connectivity index (χ3v) is 10.4. The van der Waals surface area contributed by atoms with Gasteiger partial charge in [-0.2, -0.15) is 0 Å². The average molecular weight is 526 g/mol. The summed E-state index contributed by atoms with van der Waals surface area (Å²) in [4.78, 5) is 13.8. The smallest absolute Gasteiger partial charge is 0.188 e. The number of rotatable bonds is 3. The van der Waals surface area contributed by atoms with E-state index in [-0.39, 0.29) is 16.2 Å². The fraction of sp³-hybridized carbons (Fsp3) is 0.524. The van der Waals surface area contributed by atoms with Crippen molar-refractivity contribution in [3.8, 4) is 0 Å². The fourth-order valence-electron chi connectivity index (χ4n) is 4.61. The van der Waals surface area contributed by atoms with Gasteiger partial charge in [-0.15, -0.1) is 0 Å². The van der Waals surface area contributed by atoms with E-state index >= 15 is 0 Å². The maximum atomic E-state index is 13.0. The molecular weight excluding hydrogens is 500 g/mol. The van der Waals surface area contributed by atoms with E-state index < -0.39 is 11.0 Å². The Bertz CT molecular complexity index is 1080. The van der Waals surface area contributed by atoms with Gasteiger partial charge in [0.1, 0.15) is 0 Å². The van der Waals surface area contributed by atoms with Crippen molar-refractivity contribution in [1.82, 2.24) is 14.7 Å². The fourth-order valence-corrected chi connectivity index (χ4v) is 8.13. The Morgan fingerprint density at radius 3 is 2.57 bits per heavy atom. The Morgan fingerprint density at radius 1 is 1.17 bits per heavy atom. The summed E-state index contributed by atoms with van der Waals surface area (Å²) in [6.07, 6.45) is 3.17. The van der Waals surface area contributed by atoms with Crippen molar-refractivity contribution in [3.63, 3.8) is 0 Å². The number of halogens is 1. The number of nitrogens with zero attached hydrogens (tertiary/aromatic N) is 3. The first-order valence-electron chi connectivity index (χ1n) is 10.2. The second-order valence-electron chi connectivity index (χ2n) is 9.23. The Balaban J connectivity index is 1.39. The maximum Gasteiger partial charge on any atom is 0.188 e. The molecule has 1 aromatic carbocycles. The number of benzene rings is 1. The van der Waals surface area contributed by atoms with Crippen molar-refractivity contribution in [2.45, 2.75) is 50.8 Å². The summed E-state index contributed by atoms with van der Waals surface area (Å²) < 4.78 is 17.2. The maximum absolute atomic E-state index is 13.0. The first kappa shape index (κ1) is 21.0. The number of nitrogens with one attached hydrogen (secondary N) is 1. The lowest BCUT2D eigenvalue weighted by Gasteiger charge is -2.44. The molecule has 30 heavy (non-hydrogen) atoms. The summed E-state index contributed by atoms with van der Waals surface area (Å²) in [7, 11) is -1.10. The van der Waals surface area contributed by atoms with Gasteiger partial charge in [0.05, 0.1) is 21.8 Å². The minimum Gasteiger partial charge on any atom is -0.348 e. The van der Waals surface area contributed by atoms with Crippen molar-refractivity contribution in [3.05, 3.63) is 39.3 Å². The van der Waals surface area contributed by atoms with Gasteiger partial charge in [0.25, 0.3) is 0 Å². The van der Waals surface area contributed by atoms with E-state index in [0.717, 1.165) is 51.1 Å². The Hall–Kier alpha value is -0.870. The molecule has 1 fully saturated rings. The van der Waals surface area contributed by atoms with Crippen molar-refractivity contribution < 1.29 is 4.21 Å². The molecule has 1 aliphatic carbocycles. The van der Waals surface area contributed by atoms with E-state index in [1.54, 1.807) is 22.7 Å². The van der Waals surface area contributed by atoms with E-state index in [1.807, 2.05) is 20.8 Å². The molecule has 1 saturated heterocycles. The first-order chi connectivity index (χ1) is 14.2. The lowest BCUT2D eigenvalue weighted by molar-refractivity contribution is 0.177. The molecule has 5 nitrogen and oxygen atoms in total. The van der Waals surface area contributed by atoms with Crippen LogP contribution in [0.15, 0.2) is 28.2 Å². The zero-order valence-electron chi connectivity index (χ0n) is 17.3. The number of piperidine rings is 1. The molecule has 160 valence electrons. The highest BCUT2D eigenvalue weighted by Gasteiger charge is 2.49. The number of anilines is 1. The van der Waals surface area contributed by atoms with E-state index in [1.165, 1.54) is 11.1 Å². The van der Waals surface area contributed by atoms with Crippen molar-refractivity contribution >= 4 is 64.4 Å². The van der Waals surface area contributed by atoms with Crippen LogP contribution in [0.4, 0.5) is 5.13 Å². The van der Waals surface area contributed by atoms with Crippen LogP contribution in [0, 0.1) is 5.41 Å². The van der Waals surface area contributed by atoms with Crippen molar-refractivity contribution in [2.75, 3.05) is 18.0 Å². The second-order valence-corrected chi connectivity index (χ2v) is 14.4. The first-order valence-corrected chi connectivity index (χ1v) is 13.8. The molecule has 0 bridgehead atoms. The zero-order valence-corrected chi connectivity index (χ0v) is 21.3. The molecule has 2 aromatic heterocycles. The Morgan fingerprint density at radius 2 is 1.87 bits per heavy atom. The molecule has 1 spiro atoms. The summed E-state index contributed by atoms with van der Waals surface area (Å²) in [6.45, 7) is 8.04. The number of hydrogen-bond acceptors (Lipinski definition) is 6. The van der Waals surface area contributed by atoms with Gasteiger partial charge in [0.15, 0.2) is 18.7 Å². The van der Waals surface area contributed by atoms with Crippen LogP contribution in [0.3, 0.4) is 0 Å². The van der Waals surface area contributed by atoms with Crippen molar-refractivity contribution in [1.29, 1.82) is 0 Å². The predicted octanol–water partition coefficient (Wildman–Crippen LogP) is 5.45. The molecular formula is C21H25BrN4OS3. The number of thiazole rings is 2. The molecule has 3 aromatic rings. The largest absolute Gasteiger partial charge is 0.348 e. The average Bonchev–Trinajstić information content (AvgIpc) is 3.32. The van der Waals surface area contributed by atoms with E-state index in [4.69, 9.17) is 4.98 Å². The van der Waals surface area contributed by atoms with Crippen LogP contribution in [0.25, 0.3) is 9.66 Å². The summed E-state index contributed by atoms with van der Waals surface area (Å²) in [5.41, 5.74) is 2.84. The highest BCUT2D eigenvalue weighted by atomic mass is 79.9. The van der Waals surface area contributed by atoms with E-state index in [2.05, 4.69) is 54.8 Å². The lowest BCUT2D eigenvalue weighted by Crippen LogP contribution is -2.47. The molecule has 1 aliphatic heterocycles. The van der Waals surface area contributed by atoms with Crippen molar-refractivity contribution in [2.24, 2.45) is 5.41 Å². The number of fused-ring (bicyclic) bond motifs is 2. The van der Waals surface area contributed by atoms with Crippen LogP contribution >= 0.6 is 38.6 Å². The van der Waals surface area contributed by atoms with Crippen LogP contribution < -0.4 is 9.62 Å². The molecule has 1 N–H and O–H groups in total. The SMILES string of the molecule is CC(C)(C)S(=O)N[C@@H]1c2ccccc2CC12CCN(c1nc3sc(Br)nc3s1)CC2. The summed E-state index contributed by atoms with van der Waals surface area (Å²) in [5.74, 6) is 0. The molecule has 1 unspecified atom stereocenters. The summed E-state index contributed by atoms with van der Waals surface area (Å²) in [5, 5.41) is 1.07. The highest BCUT2D eigenvalue weighted by molar-refractivity contribution is 9.11. The van der Waals surface area contributed by atoms with Gasteiger partial charge in [-0.05, 0) is 72.5 Å². The molecule has 9 heteroatoms. The van der Waals surface area contributed by atoms with Crippen LogP contribution in [-0.2, 0) is 17.4 Å². The van der Waals surface area contributed by atoms with Gasteiger partial charge in [0, 0.05) is 13.1 Å². The number of hydrogen-bond donors (Lipinski definition) is 1. The van der Waals surface area contributed by atoms with E-state index in [9.17, 15) is 4.21 Å². The predicted molar refractivity (Wildman–Crippen MR) is 131 cm³/mol. The van der Waals surface area contributed by atoms with Crippen LogP contribution in [0.2, 0.25) is 0 Å². The molecule has 0 amide bonds. The van der Waals surface area contributed by atoms with E-state index in [0.29, 0.717) is 0 Å². The molecule has 3 heterocycles. The zero-order chi connectivity index (χ0) is 21.1. The highest BCUT2D eigenvalue weighted by Crippen LogP contribution is 2.53. The van der Waals surface area contributed by atoms with Crippen LogP contribution in [-0.4, -0.2) is 32.0 Å². The second kappa shape index (κ2) is 7.62. The summed E-state index contributed by atoms with van der Waals surface area (Å²) >= 11 is 6.72. The Kier molecular flexibility index (Phi) is 5.33. The van der Waals surface area contributed by atoms with Gasteiger partial charge in [0.2, 0.25) is 0 Å². The molecule has 0 saturated carbocycles. The van der Waals surface area contributed by atoms with Gasteiger partial charge in [-0.25, -0.2) is 18.9 Å². The van der Waals surface area contributed by atoms with Gasteiger partial charge in [-0.1, -0.05) is 46.9 Å². The number of aromatic nitrogens is 2. The standard InChI is InChI=1S/C21H25BrN4OS3/c1-20(2,3)30(27)25-15-14-7-5-4-6-13(14)12-21(15)8-10-26(11-9-21)19-24-17-16(29-19)23-18(22)28-17/h4-7,15,25H,8-12H2,1-3H3/t15-,30?/m1/s1. The molecule has 2 aliphatic rings. The summed E-state index contributed by atoms with van der Waals surface area (Å²) in [6, 6.07) is 8.82. The Labute approximate surface area is 196 Å². The van der Waals surface area contributed by atoms with Crippen LogP contribution in [0.1, 0.15) is 50.8 Å². The monoisotopic (exact) mass is 524 g/mol. The minimum atomic E-state index is -1.10. The minimum absolute atomic E-state index is 0.108. The van der Waals surface area contributed by atoms with Crippen LogP contribution in [0.5, 0.6) is 0 Å². The van der Waals surface area contributed by atoms with Gasteiger partial charge < -0.3 is 4.90 Å². The molecule has 0 radical (unpaired) electrons. The van der Waals surface area contributed by atoms with Gasteiger partial charge >= 0.3 is 0 Å². The molecule has 5 rings (SSSR count). The lowest BCUT2D eigenvalue weighted by atomic mass is 9.73. The third-order valence-electron chi connectivity index (χ3n) is 6.27.